The fourth-order valence-electron chi connectivity index (χ4n) is 1.73. The number of hydrogen-bond acceptors (Lipinski definition) is 3. The van der Waals surface area contributed by atoms with Gasteiger partial charge in [0.25, 0.3) is 0 Å². The number of carbonyl (C=O) groups excluding carboxylic acids is 1. The molecular formula is C14H26N4O. The van der Waals surface area contributed by atoms with Crippen molar-refractivity contribution in [3.63, 3.8) is 0 Å². The van der Waals surface area contributed by atoms with E-state index in [2.05, 4.69) is 20.2 Å². The highest BCUT2D eigenvalue weighted by Gasteiger charge is 2.18. The highest BCUT2D eigenvalue weighted by molar-refractivity contribution is 5.81. The van der Waals surface area contributed by atoms with Crippen LogP contribution in [0.25, 0.3) is 0 Å². The fraction of sp³-hybridized carbons (Fsp3) is 0.714. The lowest BCUT2D eigenvalue weighted by atomic mass is 10.1. The van der Waals surface area contributed by atoms with E-state index in [9.17, 15) is 4.79 Å². The first-order valence-corrected chi connectivity index (χ1v) is 6.89. The number of nitrogens with one attached hydrogen (secondary N) is 2. The standard InChI is InChI=1S/C14H26N4O/c1-12(13(19)17-14(2,3)4)16-7-5-6-9-18-10-8-15-11-18/h8,10-12,16H,5-7,9H2,1-4H3,(H,17,19). The van der Waals surface area contributed by atoms with Crippen molar-refractivity contribution in [2.75, 3.05) is 6.54 Å². The summed E-state index contributed by atoms with van der Waals surface area (Å²) in [4.78, 5) is 15.8. The van der Waals surface area contributed by atoms with Crippen LogP contribution in [0.15, 0.2) is 18.7 Å². The summed E-state index contributed by atoms with van der Waals surface area (Å²) < 4.78 is 2.07. The average Bonchev–Trinajstić information content (AvgIpc) is 2.79. The Morgan fingerprint density at radius 1 is 1.37 bits per heavy atom. The maximum atomic E-state index is 11.8. The lowest BCUT2D eigenvalue weighted by Gasteiger charge is -2.23. The summed E-state index contributed by atoms with van der Waals surface area (Å²) in [5, 5.41) is 6.22. The molecule has 2 N–H and O–H groups in total. The summed E-state index contributed by atoms with van der Waals surface area (Å²) in [6, 6.07) is -0.146. The second-order valence-electron chi connectivity index (χ2n) is 5.92. The van der Waals surface area contributed by atoms with E-state index in [1.165, 1.54) is 0 Å². The van der Waals surface area contributed by atoms with Gasteiger partial charge in [-0.05, 0) is 47.1 Å². The Labute approximate surface area is 115 Å². The van der Waals surface area contributed by atoms with Crippen LogP contribution in [0.4, 0.5) is 0 Å². The van der Waals surface area contributed by atoms with Gasteiger partial charge >= 0.3 is 0 Å². The van der Waals surface area contributed by atoms with Crippen LogP contribution in [-0.4, -0.2) is 33.6 Å². The van der Waals surface area contributed by atoms with Gasteiger partial charge in [-0.2, -0.15) is 0 Å². The predicted molar refractivity (Wildman–Crippen MR) is 76.8 cm³/mol. The molecule has 1 rings (SSSR count). The molecule has 0 aliphatic rings. The summed E-state index contributed by atoms with van der Waals surface area (Å²) in [6.45, 7) is 9.70. The normalized spacial score (nSPS) is 13.3. The number of amides is 1. The van der Waals surface area contributed by atoms with Gasteiger partial charge in [0.15, 0.2) is 0 Å². The van der Waals surface area contributed by atoms with Crippen molar-refractivity contribution in [2.24, 2.45) is 0 Å². The highest BCUT2D eigenvalue weighted by Crippen LogP contribution is 2.00. The second kappa shape index (κ2) is 7.28. The topological polar surface area (TPSA) is 59.0 Å². The number of hydrogen-bond donors (Lipinski definition) is 2. The monoisotopic (exact) mass is 266 g/mol. The zero-order chi connectivity index (χ0) is 14.3. The summed E-state index contributed by atoms with van der Waals surface area (Å²) >= 11 is 0. The molecule has 0 aliphatic heterocycles. The van der Waals surface area contributed by atoms with Crippen molar-refractivity contribution in [3.8, 4) is 0 Å². The van der Waals surface area contributed by atoms with Gasteiger partial charge in [-0.3, -0.25) is 4.79 Å². The Morgan fingerprint density at radius 2 is 2.11 bits per heavy atom. The van der Waals surface area contributed by atoms with Crippen LogP contribution in [0, 0.1) is 0 Å². The van der Waals surface area contributed by atoms with E-state index in [4.69, 9.17) is 0 Å². The number of carbonyl (C=O) groups is 1. The molecule has 0 fully saturated rings. The quantitative estimate of drug-likeness (QED) is 0.736. The second-order valence-corrected chi connectivity index (χ2v) is 5.92. The van der Waals surface area contributed by atoms with Crippen LogP contribution < -0.4 is 10.6 Å². The first kappa shape index (κ1) is 15.7. The molecule has 1 atom stereocenters. The molecule has 1 aromatic heterocycles. The molecule has 0 bridgehead atoms. The molecule has 5 heteroatoms. The SMILES string of the molecule is CC(NCCCCn1ccnc1)C(=O)NC(C)(C)C. The van der Waals surface area contributed by atoms with E-state index in [-0.39, 0.29) is 17.5 Å². The lowest BCUT2D eigenvalue weighted by Crippen LogP contribution is -2.49. The van der Waals surface area contributed by atoms with Crippen molar-refractivity contribution >= 4 is 5.91 Å². The van der Waals surface area contributed by atoms with Gasteiger partial charge in [0.05, 0.1) is 12.4 Å². The largest absolute Gasteiger partial charge is 0.350 e. The number of aryl methyl sites for hydroxylation is 1. The maximum absolute atomic E-state index is 11.8. The third-order valence-corrected chi connectivity index (χ3v) is 2.74. The minimum Gasteiger partial charge on any atom is -0.350 e. The first-order valence-electron chi connectivity index (χ1n) is 6.89. The minimum atomic E-state index is -0.172. The number of imidazole rings is 1. The van der Waals surface area contributed by atoms with E-state index < -0.39 is 0 Å². The Bertz CT molecular complexity index is 367. The molecule has 1 aromatic rings. The molecule has 0 spiro atoms. The van der Waals surface area contributed by atoms with Crippen LogP contribution in [0.1, 0.15) is 40.5 Å². The molecule has 1 unspecified atom stereocenters. The van der Waals surface area contributed by atoms with Crippen molar-refractivity contribution in [1.29, 1.82) is 0 Å². The predicted octanol–water partition coefficient (Wildman–Crippen LogP) is 1.56. The van der Waals surface area contributed by atoms with Crippen molar-refractivity contribution in [1.82, 2.24) is 20.2 Å². The van der Waals surface area contributed by atoms with Gasteiger partial charge in [-0.1, -0.05) is 0 Å². The molecule has 0 saturated heterocycles. The summed E-state index contributed by atoms with van der Waals surface area (Å²) in [6.07, 6.45) is 7.71. The molecule has 0 aromatic carbocycles. The molecule has 0 aliphatic carbocycles. The van der Waals surface area contributed by atoms with Gasteiger partial charge in [-0.25, -0.2) is 4.98 Å². The Kier molecular flexibility index (Phi) is 6.02. The zero-order valence-corrected chi connectivity index (χ0v) is 12.4. The van der Waals surface area contributed by atoms with Gasteiger partial charge in [0.2, 0.25) is 5.91 Å². The number of rotatable bonds is 7. The number of aromatic nitrogens is 2. The van der Waals surface area contributed by atoms with Crippen molar-refractivity contribution in [2.45, 2.75) is 58.7 Å². The van der Waals surface area contributed by atoms with Crippen LogP contribution in [0.2, 0.25) is 0 Å². The summed E-state index contributed by atoms with van der Waals surface area (Å²) in [5.74, 6) is 0.0575. The highest BCUT2D eigenvalue weighted by atomic mass is 16.2. The zero-order valence-electron chi connectivity index (χ0n) is 12.4. The van der Waals surface area contributed by atoms with Crippen LogP contribution in [0.5, 0.6) is 0 Å². The first-order chi connectivity index (χ1) is 8.88. The van der Waals surface area contributed by atoms with Gasteiger partial charge in [-0.15, -0.1) is 0 Å². The van der Waals surface area contributed by atoms with E-state index in [0.717, 1.165) is 25.9 Å². The molecule has 1 amide bonds. The van der Waals surface area contributed by atoms with Crippen molar-refractivity contribution < 1.29 is 4.79 Å². The summed E-state index contributed by atoms with van der Waals surface area (Å²) in [7, 11) is 0. The number of unbranched alkanes of at least 4 members (excludes halogenated alkanes) is 1. The number of nitrogens with zero attached hydrogens (tertiary/aromatic N) is 2. The fourth-order valence-corrected chi connectivity index (χ4v) is 1.73. The third-order valence-electron chi connectivity index (χ3n) is 2.74. The average molecular weight is 266 g/mol. The molecule has 0 radical (unpaired) electrons. The van der Waals surface area contributed by atoms with E-state index >= 15 is 0 Å². The van der Waals surface area contributed by atoms with Gasteiger partial charge in [0.1, 0.15) is 0 Å². The van der Waals surface area contributed by atoms with E-state index in [1.807, 2.05) is 40.2 Å². The van der Waals surface area contributed by atoms with Crippen LogP contribution in [-0.2, 0) is 11.3 Å². The van der Waals surface area contributed by atoms with Crippen LogP contribution >= 0.6 is 0 Å². The summed E-state index contributed by atoms with van der Waals surface area (Å²) in [5.41, 5.74) is -0.172. The van der Waals surface area contributed by atoms with Gasteiger partial charge in [0, 0.05) is 24.5 Å². The molecule has 0 saturated carbocycles. The Balaban J connectivity index is 2.10. The molecule has 19 heavy (non-hydrogen) atoms. The third kappa shape index (κ3) is 6.96. The van der Waals surface area contributed by atoms with Crippen LogP contribution in [0.3, 0.4) is 0 Å². The van der Waals surface area contributed by atoms with Crippen molar-refractivity contribution in [3.05, 3.63) is 18.7 Å². The molecule has 108 valence electrons. The molecule has 1 heterocycles. The Hall–Kier alpha value is -1.36. The van der Waals surface area contributed by atoms with E-state index in [1.54, 1.807) is 6.20 Å². The van der Waals surface area contributed by atoms with Gasteiger partial charge < -0.3 is 15.2 Å². The maximum Gasteiger partial charge on any atom is 0.237 e. The smallest absolute Gasteiger partial charge is 0.237 e. The minimum absolute atomic E-state index is 0.0575. The molecular weight excluding hydrogens is 240 g/mol. The lowest BCUT2D eigenvalue weighted by molar-refractivity contribution is -0.124. The Morgan fingerprint density at radius 3 is 2.68 bits per heavy atom. The van der Waals surface area contributed by atoms with E-state index in [0.29, 0.717) is 0 Å². The molecule has 5 nitrogen and oxygen atoms in total.